The molecule has 0 saturated carbocycles. The number of nitrogens with zero attached hydrogens (tertiary/aromatic N) is 2. The lowest BCUT2D eigenvalue weighted by Gasteiger charge is -2.32. The highest BCUT2D eigenvalue weighted by atomic mass is 32.2. The molecular weight excluding hydrogens is 757 g/mol. The number of hydrogen-bond acceptors (Lipinski definition) is 8. The van der Waals surface area contributed by atoms with Crippen LogP contribution in [0.3, 0.4) is 0 Å². The molecule has 2 N–H and O–H groups in total. The molecule has 2 atom stereocenters. The van der Waals surface area contributed by atoms with E-state index in [1.165, 1.54) is 48.5 Å². The average Bonchev–Trinajstić information content (AvgIpc) is 3.10. The summed E-state index contributed by atoms with van der Waals surface area (Å²) in [6, 6.07) is 23.3. The highest BCUT2D eigenvalue weighted by molar-refractivity contribution is 7.90. The van der Waals surface area contributed by atoms with Crippen molar-refractivity contribution in [2.45, 2.75) is 79.6 Å². The number of benzene rings is 4. The van der Waals surface area contributed by atoms with Gasteiger partial charge in [-0.1, -0.05) is 70.8 Å². The Labute approximate surface area is 315 Å². The summed E-state index contributed by atoms with van der Waals surface area (Å²) in [5.74, 6) is 0. The van der Waals surface area contributed by atoms with Crippen LogP contribution in [0.15, 0.2) is 117 Å². The van der Waals surface area contributed by atoms with E-state index in [0.717, 1.165) is 30.9 Å². The summed E-state index contributed by atoms with van der Waals surface area (Å²) in [7, 11) is -16.3. The van der Waals surface area contributed by atoms with Crippen LogP contribution >= 0.6 is 0 Å². The molecule has 0 aliphatic carbocycles. The maximum Gasteiger partial charge on any atom is 0.243 e. The third kappa shape index (κ3) is 10.8. The molecule has 4 aromatic rings. The van der Waals surface area contributed by atoms with E-state index < -0.39 is 52.2 Å². The minimum Gasteiger partial charge on any atom is -0.210 e. The van der Waals surface area contributed by atoms with Crippen LogP contribution in [0.1, 0.15) is 42.5 Å². The first-order valence-corrected chi connectivity index (χ1v) is 22.9. The molecule has 0 heterocycles. The standard InChI is InChI=1S/C37H48N4O8S4/c1-28-8-16-34(17-9-28)50(42,43)38-26-32(5)40(52(46,47)36-20-12-30(3)13-21-36)24-7-25-41(53(48,49)37-22-14-31(4)15-23-37)33(6)27-39-51(44,45)35-18-10-29(2)11-19-35/h8-23,32-33,38-39H,7,24-27H2,1-6H3/t32-,33-/m0/s1. The normalized spacial score (nSPS) is 14.0. The topological polar surface area (TPSA) is 167 Å². The molecular formula is C37H48N4O8S4. The Hall–Kier alpha value is -3.48. The Balaban J connectivity index is 1.61. The van der Waals surface area contributed by atoms with Crippen molar-refractivity contribution >= 4 is 40.1 Å². The minimum atomic E-state index is -4.19. The largest absolute Gasteiger partial charge is 0.243 e. The summed E-state index contributed by atoms with van der Waals surface area (Å²) >= 11 is 0. The van der Waals surface area contributed by atoms with Crippen molar-refractivity contribution in [2.75, 3.05) is 26.2 Å². The van der Waals surface area contributed by atoms with E-state index in [2.05, 4.69) is 9.44 Å². The molecule has 0 aromatic heterocycles. The highest BCUT2D eigenvalue weighted by Gasteiger charge is 2.33. The van der Waals surface area contributed by atoms with Crippen LogP contribution in [0.25, 0.3) is 0 Å². The van der Waals surface area contributed by atoms with E-state index in [4.69, 9.17) is 0 Å². The van der Waals surface area contributed by atoms with Gasteiger partial charge in [0, 0.05) is 38.3 Å². The van der Waals surface area contributed by atoms with Gasteiger partial charge >= 0.3 is 0 Å². The summed E-state index contributed by atoms with van der Waals surface area (Å²) in [6.45, 7) is 9.59. The summed E-state index contributed by atoms with van der Waals surface area (Å²) in [4.78, 5) is 0.0677. The van der Waals surface area contributed by atoms with E-state index >= 15 is 0 Å². The quantitative estimate of drug-likeness (QED) is 0.146. The minimum absolute atomic E-state index is 0.000285. The van der Waals surface area contributed by atoms with Gasteiger partial charge in [0.2, 0.25) is 40.1 Å². The Kier molecular flexibility index (Phi) is 13.8. The van der Waals surface area contributed by atoms with Crippen molar-refractivity contribution in [1.82, 2.24) is 18.1 Å². The van der Waals surface area contributed by atoms with Crippen LogP contribution < -0.4 is 9.44 Å². The molecule has 0 spiro atoms. The molecule has 0 aliphatic rings. The molecule has 0 radical (unpaired) electrons. The Morgan fingerprint density at radius 1 is 0.434 bits per heavy atom. The lowest BCUT2D eigenvalue weighted by molar-refractivity contribution is 0.290. The van der Waals surface area contributed by atoms with Gasteiger partial charge in [-0.25, -0.2) is 43.1 Å². The van der Waals surface area contributed by atoms with Gasteiger partial charge in [0.15, 0.2) is 0 Å². The van der Waals surface area contributed by atoms with Crippen LogP contribution in [0.2, 0.25) is 0 Å². The molecule has 12 nitrogen and oxygen atoms in total. The van der Waals surface area contributed by atoms with Crippen molar-refractivity contribution < 1.29 is 33.7 Å². The van der Waals surface area contributed by atoms with E-state index in [1.54, 1.807) is 62.4 Å². The van der Waals surface area contributed by atoms with Gasteiger partial charge in [0.05, 0.1) is 19.6 Å². The summed E-state index contributed by atoms with van der Waals surface area (Å²) < 4.78 is 116. The molecule has 16 heteroatoms. The molecule has 0 bridgehead atoms. The van der Waals surface area contributed by atoms with Crippen molar-refractivity contribution in [3.05, 3.63) is 119 Å². The van der Waals surface area contributed by atoms with Gasteiger partial charge in [-0.3, -0.25) is 0 Å². The summed E-state index contributed by atoms with van der Waals surface area (Å²) in [5.41, 5.74) is 3.45. The van der Waals surface area contributed by atoms with Crippen molar-refractivity contribution in [2.24, 2.45) is 0 Å². The van der Waals surface area contributed by atoms with Crippen LogP contribution in [-0.2, 0) is 40.1 Å². The fourth-order valence-corrected chi connectivity index (χ4v) is 11.1. The second-order valence-corrected chi connectivity index (χ2v) is 20.6. The third-order valence-corrected chi connectivity index (χ3v) is 15.7. The van der Waals surface area contributed by atoms with Crippen molar-refractivity contribution in [3.63, 3.8) is 0 Å². The molecule has 4 aromatic carbocycles. The van der Waals surface area contributed by atoms with E-state index in [-0.39, 0.29) is 52.2 Å². The van der Waals surface area contributed by atoms with Crippen molar-refractivity contribution in [1.29, 1.82) is 0 Å². The zero-order valence-corrected chi connectivity index (χ0v) is 34.0. The molecule has 4 rings (SSSR count). The van der Waals surface area contributed by atoms with Gasteiger partial charge in [-0.2, -0.15) is 8.61 Å². The zero-order valence-electron chi connectivity index (χ0n) is 30.7. The lowest BCUT2D eigenvalue weighted by Crippen LogP contribution is -2.48. The summed E-state index contributed by atoms with van der Waals surface area (Å²) in [6.07, 6.45) is 0.000285. The maximum atomic E-state index is 14.1. The second-order valence-electron chi connectivity index (χ2n) is 13.2. The SMILES string of the molecule is Cc1ccc(S(=O)(=O)NC[C@H](C)N(CCCN([C@@H](C)CNS(=O)(=O)c2ccc(C)cc2)S(=O)(=O)c2ccc(C)cc2)S(=O)(=O)c2ccc(C)cc2)cc1. The van der Waals surface area contributed by atoms with Crippen molar-refractivity contribution in [3.8, 4) is 0 Å². The second kappa shape index (κ2) is 17.3. The van der Waals surface area contributed by atoms with Gasteiger partial charge in [0.1, 0.15) is 0 Å². The van der Waals surface area contributed by atoms with Gasteiger partial charge in [-0.05, 0) is 96.5 Å². The van der Waals surface area contributed by atoms with Gasteiger partial charge < -0.3 is 0 Å². The molecule has 0 unspecified atom stereocenters. The highest BCUT2D eigenvalue weighted by Crippen LogP contribution is 2.23. The molecule has 0 aliphatic heterocycles. The molecule has 288 valence electrons. The fraction of sp³-hybridized carbons (Fsp3) is 0.351. The maximum absolute atomic E-state index is 14.1. The third-order valence-electron chi connectivity index (χ3n) is 8.80. The Bertz CT molecular complexity index is 2120. The molecule has 0 fully saturated rings. The first-order chi connectivity index (χ1) is 24.7. The number of rotatable bonds is 18. The van der Waals surface area contributed by atoms with Crippen LogP contribution in [-0.4, -0.2) is 80.5 Å². The number of nitrogens with one attached hydrogen (secondary N) is 2. The summed E-state index contributed by atoms with van der Waals surface area (Å²) in [5, 5.41) is 0. The molecule has 0 amide bonds. The van der Waals surface area contributed by atoms with Crippen LogP contribution in [0.5, 0.6) is 0 Å². The van der Waals surface area contributed by atoms with Gasteiger partial charge in [-0.15, -0.1) is 0 Å². The van der Waals surface area contributed by atoms with E-state index in [9.17, 15) is 33.7 Å². The predicted octanol–water partition coefficient (Wildman–Crippen LogP) is 4.73. The molecule has 53 heavy (non-hydrogen) atoms. The van der Waals surface area contributed by atoms with Gasteiger partial charge in [0.25, 0.3) is 0 Å². The predicted molar refractivity (Wildman–Crippen MR) is 206 cm³/mol. The van der Waals surface area contributed by atoms with E-state index in [1.807, 2.05) is 27.7 Å². The Morgan fingerprint density at radius 2 is 0.679 bits per heavy atom. The lowest BCUT2D eigenvalue weighted by atomic mass is 10.2. The monoisotopic (exact) mass is 804 g/mol. The number of aryl methyl sites for hydroxylation is 4. The first-order valence-electron chi connectivity index (χ1n) is 17.0. The molecule has 0 saturated heterocycles. The zero-order chi connectivity index (χ0) is 39.2. The fourth-order valence-electron chi connectivity index (χ4n) is 5.49. The van der Waals surface area contributed by atoms with Crippen LogP contribution in [0, 0.1) is 27.7 Å². The average molecular weight is 805 g/mol. The Morgan fingerprint density at radius 3 is 0.943 bits per heavy atom. The van der Waals surface area contributed by atoms with Crippen LogP contribution in [0.4, 0.5) is 0 Å². The van der Waals surface area contributed by atoms with E-state index in [0.29, 0.717) is 0 Å². The smallest absolute Gasteiger partial charge is 0.210 e. The number of sulfonamides is 4. The first kappa shape index (κ1) is 42.3. The number of hydrogen-bond donors (Lipinski definition) is 2.